The Labute approximate surface area is 138 Å². The minimum atomic E-state index is 0.734. The Hall–Kier alpha value is -2.13. The van der Waals surface area contributed by atoms with Crippen molar-refractivity contribution < 1.29 is 0 Å². The summed E-state index contributed by atoms with van der Waals surface area (Å²) < 4.78 is 1.97. The predicted octanol–water partition coefficient (Wildman–Crippen LogP) is 4.06. The largest absolute Gasteiger partial charge is 0.292 e. The average molecular weight is 307 g/mol. The summed E-state index contributed by atoms with van der Waals surface area (Å²) in [6.07, 6.45) is 11.2. The van der Waals surface area contributed by atoms with Gasteiger partial charge < -0.3 is 0 Å². The van der Waals surface area contributed by atoms with E-state index >= 15 is 0 Å². The van der Waals surface area contributed by atoms with E-state index in [0.717, 1.165) is 31.4 Å². The van der Waals surface area contributed by atoms with Crippen LogP contribution >= 0.6 is 0 Å². The summed E-state index contributed by atoms with van der Waals surface area (Å²) in [5, 5.41) is 4.56. The molecule has 0 unspecified atom stereocenters. The van der Waals surface area contributed by atoms with E-state index in [2.05, 4.69) is 72.2 Å². The quantitative estimate of drug-likeness (QED) is 0.686. The number of hydrogen-bond acceptors (Lipinski definition) is 2. The Balaban J connectivity index is 1.63. The predicted molar refractivity (Wildman–Crippen MR) is 96.1 cm³/mol. The molecule has 0 radical (unpaired) electrons. The van der Waals surface area contributed by atoms with E-state index in [-0.39, 0.29) is 0 Å². The van der Waals surface area contributed by atoms with E-state index < -0.39 is 0 Å². The monoisotopic (exact) mass is 307 g/mol. The number of allylic oxidation sites excluding steroid dienone is 1. The van der Waals surface area contributed by atoms with Gasteiger partial charge in [-0.2, -0.15) is 5.10 Å². The Morgan fingerprint density at radius 2 is 2.09 bits per heavy atom. The Bertz CT molecular complexity index is 665. The van der Waals surface area contributed by atoms with E-state index in [1.165, 1.54) is 24.0 Å². The molecule has 1 aliphatic rings. The van der Waals surface area contributed by atoms with Crippen molar-refractivity contribution in [2.24, 2.45) is 0 Å². The maximum absolute atomic E-state index is 4.56. The molecule has 0 amide bonds. The third-order valence-corrected chi connectivity index (χ3v) is 4.25. The molecular formula is C20H25N3. The second-order valence-corrected chi connectivity index (χ2v) is 6.22. The highest BCUT2D eigenvalue weighted by molar-refractivity contribution is 5.48. The number of rotatable bonds is 8. The van der Waals surface area contributed by atoms with Crippen molar-refractivity contribution >= 4 is 6.08 Å². The minimum Gasteiger partial charge on any atom is -0.292 e. The lowest BCUT2D eigenvalue weighted by Gasteiger charge is -2.19. The van der Waals surface area contributed by atoms with Crippen LogP contribution < -0.4 is 0 Å². The van der Waals surface area contributed by atoms with Crippen LogP contribution in [0.1, 0.15) is 29.7 Å². The lowest BCUT2D eigenvalue weighted by molar-refractivity contribution is 0.283. The van der Waals surface area contributed by atoms with Crippen LogP contribution in [0.25, 0.3) is 6.08 Å². The summed E-state index contributed by atoms with van der Waals surface area (Å²) in [5.74, 6) is 0. The number of benzene rings is 1. The van der Waals surface area contributed by atoms with Crippen molar-refractivity contribution in [3.05, 3.63) is 72.1 Å². The highest BCUT2D eigenvalue weighted by atomic mass is 15.3. The molecule has 2 aromatic rings. The third kappa shape index (κ3) is 4.42. The van der Waals surface area contributed by atoms with E-state index in [9.17, 15) is 0 Å². The van der Waals surface area contributed by atoms with Crippen LogP contribution in [-0.2, 0) is 13.1 Å². The smallest absolute Gasteiger partial charge is 0.0638 e. The maximum Gasteiger partial charge on any atom is 0.0638 e. The third-order valence-electron chi connectivity index (χ3n) is 4.25. The van der Waals surface area contributed by atoms with E-state index in [4.69, 9.17) is 0 Å². The van der Waals surface area contributed by atoms with Crippen LogP contribution in [0, 0.1) is 6.92 Å². The molecule has 0 spiro atoms. The summed E-state index contributed by atoms with van der Waals surface area (Å²) in [7, 11) is 0. The standard InChI is InChI=1S/C20H25N3/c1-3-13-23-16-19(17(2)21-23)15-22(20-11-12-20)14-7-10-18-8-5-4-6-9-18/h3-10,16,20H,1,11-15H2,2H3/b10-7+. The van der Waals surface area contributed by atoms with Crippen LogP contribution in [0.5, 0.6) is 0 Å². The van der Waals surface area contributed by atoms with Gasteiger partial charge in [0, 0.05) is 30.9 Å². The number of aryl methyl sites for hydroxylation is 1. The Kier molecular flexibility index (Phi) is 5.09. The number of hydrogen-bond donors (Lipinski definition) is 0. The van der Waals surface area contributed by atoms with Gasteiger partial charge >= 0.3 is 0 Å². The molecule has 0 bridgehead atoms. The van der Waals surface area contributed by atoms with Gasteiger partial charge in [-0.3, -0.25) is 9.58 Å². The van der Waals surface area contributed by atoms with Crippen LogP contribution in [0.3, 0.4) is 0 Å². The number of nitrogens with zero attached hydrogens (tertiary/aromatic N) is 3. The topological polar surface area (TPSA) is 21.1 Å². The van der Waals surface area contributed by atoms with Gasteiger partial charge in [0.1, 0.15) is 0 Å². The fourth-order valence-electron chi connectivity index (χ4n) is 2.83. The molecule has 1 heterocycles. The molecule has 3 heteroatoms. The first-order valence-corrected chi connectivity index (χ1v) is 8.35. The van der Waals surface area contributed by atoms with Crippen molar-refractivity contribution in [2.75, 3.05) is 6.54 Å². The van der Waals surface area contributed by atoms with Crippen molar-refractivity contribution in [2.45, 2.75) is 38.9 Å². The van der Waals surface area contributed by atoms with Crippen molar-refractivity contribution in [3.63, 3.8) is 0 Å². The summed E-state index contributed by atoms with van der Waals surface area (Å²) in [6, 6.07) is 11.2. The molecule has 0 atom stereocenters. The molecule has 3 nitrogen and oxygen atoms in total. The highest BCUT2D eigenvalue weighted by Crippen LogP contribution is 2.28. The van der Waals surface area contributed by atoms with Crippen molar-refractivity contribution in [1.82, 2.24) is 14.7 Å². The fourth-order valence-corrected chi connectivity index (χ4v) is 2.83. The maximum atomic E-state index is 4.56. The van der Waals surface area contributed by atoms with Gasteiger partial charge in [0.15, 0.2) is 0 Å². The van der Waals surface area contributed by atoms with Gasteiger partial charge in [0.05, 0.1) is 12.2 Å². The van der Waals surface area contributed by atoms with Gasteiger partial charge in [0.2, 0.25) is 0 Å². The Morgan fingerprint density at radius 1 is 1.30 bits per heavy atom. The van der Waals surface area contributed by atoms with Crippen LogP contribution in [0.4, 0.5) is 0 Å². The first kappa shape index (κ1) is 15.8. The highest BCUT2D eigenvalue weighted by Gasteiger charge is 2.28. The van der Waals surface area contributed by atoms with E-state index in [0.29, 0.717) is 0 Å². The number of aromatic nitrogens is 2. The normalized spacial score (nSPS) is 14.7. The van der Waals surface area contributed by atoms with Gasteiger partial charge in [-0.25, -0.2) is 0 Å². The Morgan fingerprint density at radius 3 is 2.78 bits per heavy atom. The van der Waals surface area contributed by atoms with Gasteiger partial charge in [-0.05, 0) is 25.3 Å². The summed E-state index contributed by atoms with van der Waals surface area (Å²) in [4.78, 5) is 2.56. The minimum absolute atomic E-state index is 0.734. The SMILES string of the molecule is C=CCn1cc(CN(C/C=C/c2ccccc2)C2CC2)c(C)n1. The zero-order valence-electron chi connectivity index (χ0n) is 13.9. The van der Waals surface area contributed by atoms with Crippen molar-refractivity contribution in [1.29, 1.82) is 0 Å². The molecule has 1 aromatic heterocycles. The van der Waals surface area contributed by atoms with Gasteiger partial charge in [-0.1, -0.05) is 48.6 Å². The molecule has 1 aliphatic carbocycles. The zero-order valence-corrected chi connectivity index (χ0v) is 13.9. The first-order valence-electron chi connectivity index (χ1n) is 8.35. The second kappa shape index (κ2) is 7.42. The summed E-state index contributed by atoms with van der Waals surface area (Å²) >= 11 is 0. The van der Waals surface area contributed by atoms with Crippen LogP contribution in [-0.4, -0.2) is 27.3 Å². The van der Waals surface area contributed by atoms with Gasteiger partial charge in [-0.15, -0.1) is 6.58 Å². The van der Waals surface area contributed by atoms with Crippen LogP contribution in [0.15, 0.2) is 55.3 Å². The molecule has 120 valence electrons. The van der Waals surface area contributed by atoms with E-state index in [1.54, 1.807) is 0 Å². The van der Waals surface area contributed by atoms with Crippen molar-refractivity contribution in [3.8, 4) is 0 Å². The van der Waals surface area contributed by atoms with Gasteiger partial charge in [0.25, 0.3) is 0 Å². The molecular weight excluding hydrogens is 282 g/mol. The fraction of sp³-hybridized carbons (Fsp3) is 0.350. The molecule has 1 saturated carbocycles. The summed E-state index contributed by atoms with van der Waals surface area (Å²) in [6.45, 7) is 8.63. The molecule has 0 aliphatic heterocycles. The zero-order chi connectivity index (χ0) is 16.1. The summed E-state index contributed by atoms with van der Waals surface area (Å²) in [5.41, 5.74) is 3.72. The molecule has 1 aromatic carbocycles. The molecule has 0 N–H and O–H groups in total. The lowest BCUT2D eigenvalue weighted by Crippen LogP contribution is -2.25. The lowest BCUT2D eigenvalue weighted by atomic mass is 10.2. The second-order valence-electron chi connectivity index (χ2n) is 6.22. The average Bonchev–Trinajstić information content (AvgIpc) is 3.34. The molecule has 3 rings (SSSR count). The molecule has 23 heavy (non-hydrogen) atoms. The first-order chi connectivity index (χ1) is 11.3. The van der Waals surface area contributed by atoms with E-state index in [1.807, 2.05) is 10.8 Å². The molecule has 1 fully saturated rings. The van der Waals surface area contributed by atoms with Crippen LogP contribution in [0.2, 0.25) is 0 Å². The molecule has 0 saturated heterocycles.